The zero-order valence-corrected chi connectivity index (χ0v) is 15.2. The molecule has 0 radical (unpaired) electrons. The summed E-state index contributed by atoms with van der Waals surface area (Å²) in [6.07, 6.45) is 3.48. The summed E-state index contributed by atoms with van der Waals surface area (Å²) < 4.78 is 5.65. The second-order valence-electron chi connectivity index (χ2n) is 6.68. The largest absolute Gasteiger partial charge is 0.465 e. The third-order valence-electron chi connectivity index (χ3n) is 4.83. The van der Waals surface area contributed by atoms with Crippen molar-refractivity contribution in [3.63, 3.8) is 0 Å². The Labute approximate surface area is 159 Å². The Morgan fingerprint density at radius 1 is 0.852 bits per heavy atom. The molecule has 1 heterocycles. The first kappa shape index (κ1) is 17.1. The van der Waals surface area contributed by atoms with Gasteiger partial charge in [0.25, 0.3) is 0 Å². The number of β-lactam (4-membered cyclic amide) rings is 1. The van der Waals surface area contributed by atoms with E-state index in [1.807, 2.05) is 90.7 Å². The molecular formula is C24H21NO2. The molecule has 1 aliphatic rings. The van der Waals surface area contributed by atoms with Gasteiger partial charge in [0.15, 0.2) is 0 Å². The molecule has 0 N–H and O–H groups in total. The zero-order chi connectivity index (χ0) is 18.6. The molecule has 0 saturated carbocycles. The molecule has 3 aromatic carbocycles. The van der Waals surface area contributed by atoms with Crippen LogP contribution >= 0.6 is 0 Å². The predicted octanol–water partition coefficient (Wildman–Crippen LogP) is 5.29. The van der Waals surface area contributed by atoms with Gasteiger partial charge in [-0.15, -0.1) is 0 Å². The highest BCUT2D eigenvalue weighted by Crippen LogP contribution is 2.44. The number of ether oxygens (including phenoxy) is 1. The summed E-state index contributed by atoms with van der Waals surface area (Å²) in [4.78, 5) is 14.8. The molecule has 1 aliphatic heterocycles. The molecule has 1 saturated heterocycles. The Morgan fingerprint density at radius 3 is 2.15 bits per heavy atom. The minimum absolute atomic E-state index is 0.0305. The molecule has 0 spiro atoms. The van der Waals surface area contributed by atoms with Crippen molar-refractivity contribution in [3.05, 3.63) is 108 Å². The normalized spacial score (nSPS) is 19.1. The van der Waals surface area contributed by atoms with Crippen LogP contribution in [0.3, 0.4) is 0 Å². The van der Waals surface area contributed by atoms with E-state index in [1.165, 1.54) is 5.56 Å². The summed E-state index contributed by atoms with van der Waals surface area (Å²) in [6.45, 7) is 2.04. The fourth-order valence-corrected chi connectivity index (χ4v) is 3.40. The monoisotopic (exact) mass is 355 g/mol. The zero-order valence-electron chi connectivity index (χ0n) is 15.2. The molecule has 3 nitrogen and oxygen atoms in total. The number of nitrogens with zero attached hydrogens (tertiary/aromatic N) is 1. The Bertz CT molecular complexity index is 933. The van der Waals surface area contributed by atoms with E-state index < -0.39 is 0 Å². The first-order chi connectivity index (χ1) is 13.2. The Kier molecular flexibility index (Phi) is 4.75. The van der Waals surface area contributed by atoms with Gasteiger partial charge in [0.05, 0.1) is 18.2 Å². The smallest absolute Gasteiger partial charge is 0.237 e. The van der Waals surface area contributed by atoms with E-state index in [1.54, 1.807) is 6.26 Å². The summed E-state index contributed by atoms with van der Waals surface area (Å²) in [6, 6.07) is 27.7. The van der Waals surface area contributed by atoms with E-state index in [4.69, 9.17) is 4.74 Å². The highest BCUT2D eigenvalue weighted by molar-refractivity contribution is 6.04. The molecule has 0 aliphatic carbocycles. The summed E-state index contributed by atoms with van der Waals surface area (Å²) in [5.74, 6) is 0.602. The third kappa shape index (κ3) is 3.49. The summed E-state index contributed by atoms with van der Waals surface area (Å²) >= 11 is 0. The van der Waals surface area contributed by atoms with Gasteiger partial charge in [0.1, 0.15) is 5.75 Å². The van der Waals surface area contributed by atoms with Crippen LogP contribution in [0, 0.1) is 12.8 Å². The minimum atomic E-state index is -0.239. The number of carbonyl (C=O) groups excluding carboxylic acids is 1. The molecule has 2 atom stereocenters. The summed E-state index contributed by atoms with van der Waals surface area (Å²) in [7, 11) is 0. The van der Waals surface area contributed by atoms with Gasteiger partial charge in [-0.05, 0) is 42.8 Å². The van der Waals surface area contributed by atoms with Crippen molar-refractivity contribution in [2.45, 2.75) is 13.0 Å². The average Bonchev–Trinajstić information content (AvgIpc) is 2.72. The summed E-state index contributed by atoms with van der Waals surface area (Å²) in [5.41, 5.74) is 3.22. The van der Waals surface area contributed by atoms with E-state index in [-0.39, 0.29) is 17.9 Å². The topological polar surface area (TPSA) is 29.5 Å². The lowest BCUT2D eigenvalue weighted by molar-refractivity contribution is -0.128. The number of hydrogen-bond acceptors (Lipinski definition) is 2. The molecule has 3 heteroatoms. The first-order valence-electron chi connectivity index (χ1n) is 9.07. The first-order valence-corrected chi connectivity index (χ1v) is 9.07. The van der Waals surface area contributed by atoms with Crippen molar-refractivity contribution in [3.8, 4) is 5.75 Å². The van der Waals surface area contributed by atoms with Crippen molar-refractivity contribution in [2.75, 3.05) is 4.90 Å². The van der Waals surface area contributed by atoms with Crippen LogP contribution in [0.15, 0.2) is 97.3 Å². The van der Waals surface area contributed by atoms with Crippen LogP contribution in [-0.4, -0.2) is 5.91 Å². The van der Waals surface area contributed by atoms with Gasteiger partial charge in [-0.1, -0.05) is 66.2 Å². The Morgan fingerprint density at radius 2 is 1.48 bits per heavy atom. The van der Waals surface area contributed by atoms with Crippen LogP contribution < -0.4 is 9.64 Å². The molecule has 0 aromatic heterocycles. The second-order valence-corrected chi connectivity index (χ2v) is 6.68. The van der Waals surface area contributed by atoms with E-state index in [2.05, 4.69) is 12.1 Å². The van der Waals surface area contributed by atoms with Gasteiger partial charge in [0.2, 0.25) is 5.91 Å². The molecule has 4 rings (SSSR count). The molecule has 3 aromatic rings. The van der Waals surface area contributed by atoms with Crippen LogP contribution in [0.1, 0.15) is 17.2 Å². The van der Waals surface area contributed by atoms with Crippen molar-refractivity contribution in [1.29, 1.82) is 0 Å². The van der Waals surface area contributed by atoms with Crippen molar-refractivity contribution in [2.24, 2.45) is 5.92 Å². The van der Waals surface area contributed by atoms with Crippen LogP contribution in [0.25, 0.3) is 0 Å². The van der Waals surface area contributed by atoms with E-state index in [9.17, 15) is 4.79 Å². The lowest BCUT2D eigenvalue weighted by Gasteiger charge is -2.46. The highest BCUT2D eigenvalue weighted by atomic mass is 16.5. The van der Waals surface area contributed by atoms with Crippen molar-refractivity contribution >= 4 is 11.6 Å². The number of hydrogen-bond donors (Lipinski definition) is 0. The average molecular weight is 355 g/mol. The SMILES string of the molecule is Cc1ccc(N2C(=O)[C@H](/C=C\Oc3ccccc3)[C@H]2c2ccccc2)cc1. The van der Waals surface area contributed by atoms with Crippen LogP contribution in [0.2, 0.25) is 0 Å². The van der Waals surface area contributed by atoms with Gasteiger partial charge < -0.3 is 9.64 Å². The number of para-hydroxylation sites is 1. The lowest BCUT2D eigenvalue weighted by Crippen LogP contribution is -2.54. The number of benzene rings is 3. The quantitative estimate of drug-likeness (QED) is 0.460. The van der Waals surface area contributed by atoms with E-state index in [0.29, 0.717) is 0 Å². The minimum Gasteiger partial charge on any atom is -0.465 e. The lowest BCUT2D eigenvalue weighted by atomic mass is 9.82. The Balaban J connectivity index is 1.59. The van der Waals surface area contributed by atoms with E-state index in [0.717, 1.165) is 17.0 Å². The predicted molar refractivity (Wildman–Crippen MR) is 108 cm³/mol. The van der Waals surface area contributed by atoms with Gasteiger partial charge in [0, 0.05) is 5.69 Å². The fraction of sp³-hybridized carbons (Fsp3) is 0.125. The van der Waals surface area contributed by atoms with Crippen LogP contribution in [0.5, 0.6) is 5.75 Å². The molecule has 1 fully saturated rings. The Hall–Kier alpha value is -3.33. The van der Waals surface area contributed by atoms with Gasteiger partial charge in [-0.3, -0.25) is 4.79 Å². The molecular weight excluding hydrogens is 334 g/mol. The highest BCUT2D eigenvalue weighted by Gasteiger charge is 2.47. The van der Waals surface area contributed by atoms with E-state index >= 15 is 0 Å². The van der Waals surface area contributed by atoms with Crippen LogP contribution in [-0.2, 0) is 4.79 Å². The number of rotatable bonds is 5. The molecule has 0 bridgehead atoms. The third-order valence-corrected chi connectivity index (χ3v) is 4.83. The maximum Gasteiger partial charge on any atom is 0.237 e. The number of aryl methyl sites for hydroxylation is 1. The maximum absolute atomic E-state index is 12.9. The fourth-order valence-electron chi connectivity index (χ4n) is 3.40. The second kappa shape index (κ2) is 7.50. The molecule has 1 amide bonds. The van der Waals surface area contributed by atoms with Crippen molar-refractivity contribution < 1.29 is 9.53 Å². The van der Waals surface area contributed by atoms with Gasteiger partial charge in [-0.2, -0.15) is 0 Å². The van der Waals surface area contributed by atoms with Gasteiger partial charge in [-0.25, -0.2) is 0 Å². The molecule has 0 unspecified atom stereocenters. The molecule has 134 valence electrons. The maximum atomic E-state index is 12.9. The van der Waals surface area contributed by atoms with Crippen molar-refractivity contribution in [1.82, 2.24) is 0 Å². The van der Waals surface area contributed by atoms with Gasteiger partial charge >= 0.3 is 0 Å². The number of anilines is 1. The van der Waals surface area contributed by atoms with Crippen LogP contribution in [0.4, 0.5) is 5.69 Å². The standard InChI is InChI=1S/C24H21NO2/c1-18-12-14-20(15-13-18)25-23(19-8-4-2-5-9-19)22(24(25)26)16-17-27-21-10-6-3-7-11-21/h2-17,22-23H,1H3/b17-16-/t22-,23-/m1/s1. The number of amides is 1. The summed E-state index contributed by atoms with van der Waals surface area (Å²) in [5, 5.41) is 0. The number of carbonyl (C=O) groups is 1. The molecule has 27 heavy (non-hydrogen) atoms.